The van der Waals surface area contributed by atoms with Gasteiger partial charge in [0, 0.05) is 5.56 Å². The Kier molecular flexibility index (Phi) is 4.17. The molecule has 0 unspecified atom stereocenters. The van der Waals surface area contributed by atoms with Gasteiger partial charge in [-0.1, -0.05) is 30.3 Å². The number of aromatic nitrogens is 1. The standard InChI is InChI=1S/C17H18N2O3S/c1-9(18-15(20)12-8-13(12)17(21)22)14-10(2)19-16(23-14)11-6-4-3-5-7-11/h3-7,9,12-13H,8H2,1-2H3,(H,18,20)(H,21,22)/t9-,12+,13-/m0/s1. The number of nitrogens with zero attached hydrogens (tertiary/aromatic N) is 1. The molecular formula is C17H18N2O3S. The van der Waals surface area contributed by atoms with Crippen molar-refractivity contribution in [1.82, 2.24) is 10.3 Å². The number of carbonyl (C=O) groups excluding carboxylic acids is 1. The van der Waals surface area contributed by atoms with Gasteiger partial charge in [0.05, 0.1) is 28.4 Å². The lowest BCUT2D eigenvalue weighted by Gasteiger charge is -2.12. The van der Waals surface area contributed by atoms with Gasteiger partial charge in [-0.05, 0) is 20.3 Å². The zero-order valence-electron chi connectivity index (χ0n) is 12.9. The first-order chi connectivity index (χ1) is 11.0. The van der Waals surface area contributed by atoms with Crippen molar-refractivity contribution in [2.75, 3.05) is 0 Å². The van der Waals surface area contributed by atoms with Crippen molar-refractivity contribution in [2.45, 2.75) is 26.3 Å². The van der Waals surface area contributed by atoms with Crippen molar-refractivity contribution in [2.24, 2.45) is 11.8 Å². The van der Waals surface area contributed by atoms with Gasteiger partial charge in [0.2, 0.25) is 5.91 Å². The summed E-state index contributed by atoms with van der Waals surface area (Å²) in [6, 6.07) is 9.74. The predicted molar refractivity (Wildman–Crippen MR) is 88.1 cm³/mol. The molecule has 1 aliphatic carbocycles. The summed E-state index contributed by atoms with van der Waals surface area (Å²) in [5.74, 6) is -1.99. The summed E-state index contributed by atoms with van der Waals surface area (Å²) in [6.07, 6.45) is 0.435. The second-order valence-corrected chi connectivity index (χ2v) is 6.88. The second kappa shape index (κ2) is 6.12. The molecule has 1 aromatic heterocycles. The second-order valence-electron chi connectivity index (χ2n) is 5.85. The van der Waals surface area contributed by atoms with Gasteiger partial charge in [-0.3, -0.25) is 9.59 Å². The minimum atomic E-state index is -0.891. The largest absolute Gasteiger partial charge is 0.481 e. The van der Waals surface area contributed by atoms with Gasteiger partial charge in [-0.25, -0.2) is 4.98 Å². The van der Waals surface area contributed by atoms with Crippen molar-refractivity contribution in [1.29, 1.82) is 0 Å². The fourth-order valence-electron chi connectivity index (χ4n) is 2.66. The average Bonchev–Trinajstić information content (AvgIpc) is 3.25. The monoisotopic (exact) mass is 330 g/mol. The SMILES string of the molecule is Cc1nc(-c2ccccc2)sc1[C@H](C)NC(=O)[C@@H]1C[C@@H]1C(=O)O. The van der Waals surface area contributed by atoms with Crippen LogP contribution >= 0.6 is 11.3 Å². The zero-order chi connectivity index (χ0) is 16.6. The number of nitrogens with one attached hydrogen (secondary N) is 1. The summed E-state index contributed by atoms with van der Waals surface area (Å²) >= 11 is 1.56. The average molecular weight is 330 g/mol. The molecule has 1 saturated carbocycles. The Morgan fingerprint density at radius 1 is 1.30 bits per heavy atom. The van der Waals surface area contributed by atoms with Crippen LogP contribution in [0.2, 0.25) is 0 Å². The quantitative estimate of drug-likeness (QED) is 0.883. The summed E-state index contributed by atoms with van der Waals surface area (Å²) in [7, 11) is 0. The normalized spacial score (nSPS) is 20.8. The summed E-state index contributed by atoms with van der Waals surface area (Å²) < 4.78 is 0. The van der Waals surface area contributed by atoms with Crippen molar-refractivity contribution in [3.8, 4) is 10.6 Å². The highest BCUT2D eigenvalue weighted by Gasteiger charge is 2.48. The Hall–Kier alpha value is -2.21. The number of aliphatic carboxylic acids is 1. The Labute approximate surface area is 138 Å². The number of rotatable bonds is 5. The van der Waals surface area contributed by atoms with Crippen LogP contribution in [0.4, 0.5) is 0 Å². The highest BCUT2D eigenvalue weighted by atomic mass is 32.1. The molecule has 0 radical (unpaired) electrons. The van der Waals surface area contributed by atoms with E-state index in [0.29, 0.717) is 6.42 Å². The van der Waals surface area contributed by atoms with Crippen molar-refractivity contribution in [3.05, 3.63) is 40.9 Å². The number of carbonyl (C=O) groups is 2. The molecular weight excluding hydrogens is 312 g/mol. The zero-order valence-corrected chi connectivity index (χ0v) is 13.8. The Morgan fingerprint density at radius 2 is 2.00 bits per heavy atom. The van der Waals surface area contributed by atoms with Crippen LogP contribution in [0.25, 0.3) is 10.6 Å². The van der Waals surface area contributed by atoms with E-state index >= 15 is 0 Å². The van der Waals surface area contributed by atoms with E-state index in [9.17, 15) is 9.59 Å². The molecule has 1 heterocycles. The molecule has 1 aliphatic rings. The predicted octanol–water partition coefficient (Wildman–Crippen LogP) is 3.02. The molecule has 1 fully saturated rings. The number of hydrogen-bond acceptors (Lipinski definition) is 4. The first-order valence-electron chi connectivity index (χ1n) is 7.53. The third kappa shape index (κ3) is 3.27. The summed E-state index contributed by atoms with van der Waals surface area (Å²) in [4.78, 5) is 28.6. The molecule has 0 spiro atoms. The molecule has 0 bridgehead atoms. The van der Waals surface area contributed by atoms with Gasteiger partial charge in [0.25, 0.3) is 0 Å². The molecule has 0 saturated heterocycles. The maximum atomic E-state index is 12.1. The van der Waals surface area contributed by atoms with E-state index in [1.165, 1.54) is 0 Å². The highest BCUT2D eigenvalue weighted by molar-refractivity contribution is 7.15. The van der Waals surface area contributed by atoms with Crippen molar-refractivity contribution in [3.63, 3.8) is 0 Å². The smallest absolute Gasteiger partial charge is 0.307 e. The van der Waals surface area contributed by atoms with E-state index in [4.69, 9.17) is 5.11 Å². The lowest BCUT2D eigenvalue weighted by molar-refractivity contribution is -0.140. The molecule has 1 amide bonds. The highest BCUT2D eigenvalue weighted by Crippen LogP contribution is 2.39. The molecule has 120 valence electrons. The minimum Gasteiger partial charge on any atom is -0.481 e. The Bertz CT molecular complexity index is 742. The van der Waals surface area contributed by atoms with E-state index in [0.717, 1.165) is 21.1 Å². The van der Waals surface area contributed by atoms with Gasteiger partial charge in [0.15, 0.2) is 0 Å². The van der Waals surface area contributed by atoms with E-state index in [-0.39, 0.29) is 11.9 Å². The van der Waals surface area contributed by atoms with Crippen LogP contribution in [0.1, 0.15) is 30.0 Å². The maximum Gasteiger partial charge on any atom is 0.307 e. The number of hydrogen-bond donors (Lipinski definition) is 2. The molecule has 3 atom stereocenters. The van der Waals surface area contributed by atoms with E-state index in [2.05, 4.69) is 10.3 Å². The van der Waals surface area contributed by atoms with Crippen LogP contribution in [0.3, 0.4) is 0 Å². The number of amides is 1. The Balaban J connectivity index is 1.71. The lowest BCUT2D eigenvalue weighted by atomic mass is 10.2. The summed E-state index contributed by atoms with van der Waals surface area (Å²) in [5.41, 5.74) is 1.95. The van der Waals surface area contributed by atoms with E-state index in [1.54, 1.807) is 11.3 Å². The van der Waals surface area contributed by atoms with Crippen LogP contribution in [0, 0.1) is 18.8 Å². The van der Waals surface area contributed by atoms with Gasteiger partial charge in [-0.2, -0.15) is 0 Å². The third-order valence-electron chi connectivity index (χ3n) is 4.05. The minimum absolute atomic E-state index is 0.174. The number of carboxylic acids is 1. The molecule has 23 heavy (non-hydrogen) atoms. The molecule has 5 nitrogen and oxygen atoms in total. The first kappa shape index (κ1) is 15.7. The summed E-state index contributed by atoms with van der Waals surface area (Å²) in [6.45, 7) is 3.84. The van der Waals surface area contributed by atoms with Crippen LogP contribution < -0.4 is 5.32 Å². The van der Waals surface area contributed by atoms with Crippen LogP contribution in [0.15, 0.2) is 30.3 Å². The maximum absolute atomic E-state index is 12.1. The van der Waals surface area contributed by atoms with Gasteiger partial charge in [0.1, 0.15) is 5.01 Å². The van der Waals surface area contributed by atoms with Gasteiger partial charge in [-0.15, -0.1) is 11.3 Å². The van der Waals surface area contributed by atoms with E-state index in [1.807, 2.05) is 44.2 Å². The van der Waals surface area contributed by atoms with Crippen LogP contribution in [0.5, 0.6) is 0 Å². The number of benzene rings is 1. The fourth-order valence-corrected chi connectivity index (χ4v) is 3.73. The first-order valence-corrected chi connectivity index (χ1v) is 8.35. The molecule has 0 aliphatic heterocycles. The number of thiazole rings is 1. The van der Waals surface area contributed by atoms with Gasteiger partial charge >= 0.3 is 5.97 Å². The van der Waals surface area contributed by atoms with Gasteiger partial charge < -0.3 is 10.4 Å². The molecule has 3 rings (SSSR count). The van der Waals surface area contributed by atoms with E-state index < -0.39 is 17.8 Å². The topological polar surface area (TPSA) is 79.3 Å². The summed E-state index contributed by atoms with van der Waals surface area (Å²) in [5, 5.41) is 12.8. The molecule has 6 heteroatoms. The molecule has 2 aromatic rings. The number of carboxylic acid groups (broad SMARTS) is 1. The lowest BCUT2D eigenvalue weighted by Crippen LogP contribution is -2.29. The fraction of sp³-hybridized carbons (Fsp3) is 0.353. The number of aryl methyl sites for hydroxylation is 1. The molecule has 2 N–H and O–H groups in total. The third-order valence-corrected chi connectivity index (χ3v) is 5.44. The van der Waals surface area contributed by atoms with Crippen LogP contribution in [-0.4, -0.2) is 22.0 Å². The van der Waals surface area contributed by atoms with Crippen molar-refractivity contribution >= 4 is 23.2 Å². The van der Waals surface area contributed by atoms with Crippen LogP contribution in [-0.2, 0) is 9.59 Å². The Morgan fingerprint density at radius 3 is 2.61 bits per heavy atom. The molecule has 1 aromatic carbocycles. The van der Waals surface area contributed by atoms with Crippen molar-refractivity contribution < 1.29 is 14.7 Å².